The molecule has 0 atom stereocenters. The van der Waals surface area contributed by atoms with Gasteiger partial charge in [-0.3, -0.25) is 0 Å². The molecule has 21 heavy (non-hydrogen) atoms. The minimum Gasteiger partial charge on any atom is -0.454 e. The standard InChI is InChI=1S/C17H17BrFNO/c1-11-2-6-15(19)17(8-11)21-16-7-3-13(18)9-12(16)10-20-14-4-5-14/h2-3,6-9,14,20H,4-5,10H2,1H3. The van der Waals surface area contributed by atoms with E-state index in [9.17, 15) is 4.39 Å². The third-order valence-electron chi connectivity index (χ3n) is 3.49. The molecule has 3 rings (SSSR count). The van der Waals surface area contributed by atoms with Crippen molar-refractivity contribution < 1.29 is 9.13 Å². The number of aryl methyl sites for hydroxylation is 1. The molecule has 1 aliphatic carbocycles. The molecular formula is C17H17BrFNO. The Morgan fingerprint density at radius 2 is 2.00 bits per heavy atom. The SMILES string of the molecule is Cc1ccc(F)c(Oc2ccc(Br)cc2CNC2CC2)c1. The Hall–Kier alpha value is -1.39. The van der Waals surface area contributed by atoms with Gasteiger partial charge in [-0.25, -0.2) is 4.39 Å². The highest BCUT2D eigenvalue weighted by Gasteiger charge is 2.21. The molecule has 0 bridgehead atoms. The topological polar surface area (TPSA) is 21.3 Å². The van der Waals surface area contributed by atoms with E-state index in [-0.39, 0.29) is 11.6 Å². The maximum absolute atomic E-state index is 13.8. The van der Waals surface area contributed by atoms with Gasteiger partial charge in [-0.1, -0.05) is 22.0 Å². The molecule has 1 N–H and O–H groups in total. The molecule has 1 fully saturated rings. The Labute approximate surface area is 132 Å². The van der Waals surface area contributed by atoms with E-state index >= 15 is 0 Å². The first-order valence-electron chi connectivity index (χ1n) is 7.07. The van der Waals surface area contributed by atoms with Gasteiger partial charge >= 0.3 is 0 Å². The summed E-state index contributed by atoms with van der Waals surface area (Å²) in [5.74, 6) is 0.616. The van der Waals surface area contributed by atoms with Crippen molar-refractivity contribution in [3.63, 3.8) is 0 Å². The van der Waals surface area contributed by atoms with Gasteiger partial charge < -0.3 is 10.1 Å². The van der Waals surface area contributed by atoms with Gasteiger partial charge in [-0.05, 0) is 55.7 Å². The zero-order valence-corrected chi connectivity index (χ0v) is 13.4. The van der Waals surface area contributed by atoms with Crippen molar-refractivity contribution in [2.45, 2.75) is 32.4 Å². The molecule has 0 aromatic heterocycles. The highest BCUT2D eigenvalue weighted by atomic mass is 79.9. The van der Waals surface area contributed by atoms with Crippen LogP contribution in [0.4, 0.5) is 4.39 Å². The van der Waals surface area contributed by atoms with Crippen LogP contribution >= 0.6 is 15.9 Å². The summed E-state index contributed by atoms with van der Waals surface area (Å²) in [4.78, 5) is 0. The highest BCUT2D eigenvalue weighted by Crippen LogP contribution is 2.31. The van der Waals surface area contributed by atoms with Crippen molar-refractivity contribution in [3.8, 4) is 11.5 Å². The Morgan fingerprint density at radius 1 is 1.19 bits per heavy atom. The summed E-state index contributed by atoms with van der Waals surface area (Å²) >= 11 is 3.47. The van der Waals surface area contributed by atoms with Crippen LogP contribution in [-0.4, -0.2) is 6.04 Å². The zero-order chi connectivity index (χ0) is 14.8. The fourth-order valence-electron chi connectivity index (χ4n) is 2.13. The second-order valence-corrected chi connectivity index (χ2v) is 6.36. The average Bonchev–Trinajstić information content (AvgIpc) is 3.27. The molecule has 0 amide bonds. The molecule has 0 radical (unpaired) electrons. The first kappa shape index (κ1) is 14.5. The van der Waals surface area contributed by atoms with Crippen molar-refractivity contribution in [3.05, 3.63) is 57.8 Å². The van der Waals surface area contributed by atoms with E-state index in [0.29, 0.717) is 11.8 Å². The molecule has 2 aromatic rings. The third kappa shape index (κ3) is 3.83. The number of halogens is 2. The van der Waals surface area contributed by atoms with Gasteiger partial charge in [-0.15, -0.1) is 0 Å². The normalized spacial score (nSPS) is 14.2. The first-order valence-corrected chi connectivity index (χ1v) is 7.87. The number of ether oxygens (including phenoxy) is 1. The molecule has 0 aliphatic heterocycles. The van der Waals surface area contributed by atoms with E-state index in [0.717, 1.165) is 22.1 Å². The number of hydrogen-bond acceptors (Lipinski definition) is 2. The van der Waals surface area contributed by atoms with Gasteiger partial charge in [0.15, 0.2) is 11.6 Å². The Kier molecular flexibility index (Phi) is 4.27. The molecular weight excluding hydrogens is 333 g/mol. The van der Waals surface area contributed by atoms with Crippen LogP contribution in [0.25, 0.3) is 0 Å². The maximum atomic E-state index is 13.8. The van der Waals surface area contributed by atoms with Crippen molar-refractivity contribution in [1.82, 2.24) is 5.32 Å². The van der Waals surface area contributed by atoms with Crippen LogP contribution in [0.15, 0.2) is 40.9 Å². The number of benzene rings is 2. The smallest absolute Gasteiger partial charge is 0.165 e. The molecule has 0 unspecified atom stereocenters. The average molecular weight is 350 g/mol. The summed E-state index contributed by atoms with van der Waals surface area (Å²) in [5.41, 5.74) is 2.00. The summed E-state index contributed by atoms with van der Waals surface area (Å²) < 4.78 is 20.6. The first-order chi connectivity index (χ1) is 10.1. The van der Waals surface area contributed by atoms with Crippen LogP contribution in [0.3, 0.4) is 0 Å². The number of rotatable bonds is 5. The van der Waals surface area contributed by atoms with Crippen molar-refractivity contribution in [2.75, 3.05) is 0 Å². The molecule has 0 saturated heterocycles. The van der Waals surface area contributed by atoms with E-state index < -0.39 is 0 Å². The zero-order valence-electron chi connectivity index (χ0n) is 11.8. The fraction of sp³-hybridized carbons (Fsp3) is 0.294. The monoisotopic (exact) mass is 349 g/mol. The second kappa shape index (κ2) is 6.16. The summed E-state index contributed by atoms with van der Waals surface area (Å²) in [7, 11) is 0. The summed E-state index contributed by atoms with van der Waals surface area (Å²) in [6.45, 7) is 2.65. The number of nitrogens with one attached hydrogen (secondary N) is 1. The van der Waals surface area contributed by atoms with Gasteiger partial charge in [0.1, 0.15) is 5.75 Å². The minimum absolute atomic E-state index is 0.269. The van der Waals surface area contributed by atoms with Crippen molar-refractivity contribution >= 4 is 15.9 Å². The molecule has 0 spiro atoms. The molecule has 0 heterocycles. The molecule has 2 aromatic carbocycles. The van der Waals surface area contributed by atoms with Gasteiger partial charge in [0.25, 0.3) is 0 Å². The lowest BCUT2D eigenvalue weighted by molar-refractivity contribution is 0.435. The van der Waals surface area contributed by atoms with Crippen molar-refractivity contribution in [2.24, 2.45) is 0 Å². The highest BCUT2D eigenvalue weighted by molar-refractivity contribution is 9.10. The summed E-state index contributed by atoms with van der Waals surface area (Å²) in [6, 6.07) is 11.3. The van der Waals surface area contributed by atoms with Crippen LogP contribution < -0.4 is 10.1 Å². The third-order valence-corrected chi connectivity index (χ3v) is 3.98. The lowest BCUT2D eigenvalue weighted by atomic mass is 10.2. The second-order valence-electron chi connectivity index (χ2n) is 5.44. The van der Waals surface area contributed by atoms with E-state index in [2.05, 4.69) is 21.2 Å². The van der Waals surface area contributed by atoms with E-state index in [1.54, 1.807) is 12.1 Å². The fourth-order valence-corrected chi connectivity index (χ4v) is 2.54. The minimum atomic E-state index is -0.343. The Balaban J connectivity index is 1.84. The van der Waals surface area contributed by atoms with Gasteiger partial charge in [0.05, 0.1) is 0 Å². The number of hydrogen-bond donors (Lipinski definition) is 1. The quantitative estimate of drug-likeness (QED) is 0.825. The van der Waals surface area contributed by atoms with Crippen molar-refractivity contribution in [1.29, 1.82) is 0 Å². The largest absolute Gasteiger partial charge is 0.454 e. The lowest BCUT2D eigenvalue weighted by Crippen LogP contribution is -2.15. The van der Waals surface area contributed by atoms with Crippen LogP contribution in [0.2, 0.25) is 0 Å². The molecule has 4 heteroatoms. The van der Waals surface area contributed by atoms with Crippen LogP contribution in [0.5, 0.6) is 11.5 Å². The van der Waals surface area contributed by atoms with Gasteiger partial charge in [0.2, 0.25) is 0 Å². The summed E-state index contributed by atoms with van der Waals surface area (Å²) in [5, 5.41) is 3.46. The van der Waals surface area contributed by atoms with Gasteiger partial charge in [0, 0.05) is 22.6 Å². The van der Waals surface area contributed by atoms with E-state index in [1.165, 1.54) is 18.9 Å². The lowest BCUT2D eigenvalue weighted by Gasteiger charge is -2.13. The molecule has 1 saturated carbocycles. The van der Waals surface area contributed by atoms with Gasteiger partial charge in [-0.2, -0.15) is 0 Å². The summed E-state index contributed by atoms with van der Waals surface area (Å²) in [6.07, 6.45) is 2.47. The Morgan fingerprint density at radius 3 is 2.76 bits per heavy atom. The van der Waals surface area contributed by atoms with E-state index in [1.807, 2.05) is 25.1 Å². The van der Waals surface area contributed by atoms with Crippen LogP contribution in [0, 0.1) is 12.7 Å². The maximum Gasteiger partial charge on any atom is 0.165 e. The van der Waals surface area contributed by atoms with Crippen LogP contribution in [0.1, 0.15) is 24.0 Å². The molecule has 2 nitrogen and oxygen atoms in total. The van der Waals surface area contributed by atoms with E-state index in [4.69, 9.17) is 4.74 Å². The Bertz CT molecular complexity index is 655. The molecule has 110 valence electrons. The molecule has 1 aliphatic rings. The van der Waals surface area contributed by atoms with Crippen LogP contribution in [-0.2, 0) is 6.54 Å². The predicted octanol–water partition coefficient (Wildman–Crippen LogP) is 4.94. The predicted molar refractivity (Wildman–Crippen MR) is 85.2 cm³/mol.